The number of esters is 1. The zero-order chi connectivity index (χ0) is 19.5. The molecule has 0 heterocycles. The normalized spacial score (nSPS) is 12.5. The SMILES string of the molecule is CCNC(=NCc1cc(OC)ccc1OC(F)F)NCC(C)C(=O)OC. The first-order valence-corrected chi connectivity index (χ1v) is 8.13. The number of nitrogens with one attached hydrogen (secondary N) is 2. The maximum Gasteiger partial charge on any atom is 0.387 e. The van der Waals surface area contributed by atoms with Crippen molar-refractivity contribution in [3.8, 4) is 11.5 Å². The molecule has 0 saturated carbocycles. The molecule has 146 valence electrons. The van der Waals surface area contributed by atoms with Gasteiger partial charge in [-0.25, -0.2) is 4.99 Å². The number of aliphatic imine (C=N–C) groups is 1. The summed E-state index contributed by atoms with van der Waals surface area (Å²) in [6.45, 7) is 1.67. The highest BCUT2D eigenvalue weighted by Crippen LogP contribution is 2.26. The second kappa shape index (κ2) is 11.1. The highest BCUT2D eigenvalue weighted by atomic mass is 19.3. The summed E-state index contributed by atoms with van der Waals surface area (Å²) in [7, 11) is 2.81. The van der Waals surface area contributed by atoms with Crippen molar-refractivity contribution in [2.24, 2.45) is 10.9 Å². The quantitative estimate of drug-likeness (QED) is 0.392. The highest BCUT2D eigenvalue weighted by molar-refractivity contribution is 5.80. The first-order valence-electron chi connectivity index (χ1n) is 8.13. The third-order valence-corrected chi connectivity index (χ3v) is 3.41. The summed E-state index contributed by atoms with van der Waals surface area (Å²) >= 11 is 0. The molecule has 26 heavy (non-hydrogen) atoms. The van der Waals surface area contributed by atoms with Gasteiger partial charge < -0.3 is 24.8 Å². The van der Waals surface area contributed by atoms with Gasteiger partial charge in [-0.1, -0.05) is 6.92 Å². The minimum absolute atomic E-state index is 0.0309. The van der Waals surface area contributed by atoms with Gasteiger partial charge in [-0.3, -0.25) is 4.79 Å². The van der Waals surface area contributed by atoms with Gasteiger partial charge in [0.25, 0.3) is 0 Å². The molecular weight excluding hydrogens is 348 g/mol. The number of hydrogen-bond acceptors (Lipinski definition) is 5. The molecule has 1 atom stereocenters. The molecule has 1 aromatic carbocycles. The molecule has 0 aromatic heterocycles. The van der Waals surface area contributed by atoms with E-state index in [1.165, 1.54) is 26.4 Å². The molecule has 0 radical (unpaired) electrons. The Morgan fingerprint density at radius 3 is 2.58 bits per heavy atom. The van der Waals surface area contributed by atoms with Gasteiger partial charge in [0, 0.05) is 18.7 Å². The Kier molecular flexibility index (Phi) is 9.18. The van der Waals surface area contributed by atoms with Crippen LogP contribution in [-0.4, -0.2) is 45.8 Å². The largest absolute Gasteiger partial charge is 0.497 e. The predicted octanol–water partition coefficient (Wildman–Crippen LogP) is 2.16. The fourth-order valence-corrected chi connectivity index (χ4v) is 2.06. The molecule has 9 heteroatoms. The minimum atomic E-state index is -2.93. The van der Waals surface area contributed by atoms with Gasteiger partial charge in [0.15, 0.2) is 5.96 Å². The van der Waals surface area contributed by atoms with Crippen LogP contribution in [0.15, 0.2) is 23.2 Å². The Balaban J connectivity index is 2.88. The summed E-state index contributed by atoms with van der Waals surface area (Å²) in [6.07, 6.45) is 0. The van der Waals surface area contributed by atoms with Crippen molar-refractivity contribution >= 4 is 11.9 Å². The Labute approximate surface area is 151 Å². The molecule has 1 rings (SSSR count). The molecule has 0 aliphatic heterocycles. The van der Waals surface area contributed by atoms with Gasteiger partial charge in [0.2, 0.25) is 0 Å². The van der Waals surface area contributed by atoms with Crippen LogP contribution in [0.5, 0.6) is 11.5 Å². The van der Waals surface area contributed by atoms with Crippen molar-refractivity contribution in [3.05, 3.63) is 23.8 Å². The van der Waals surface area contributed by atoms with Crippen LogP contribution in [0.25, 0.3) is 0 Å². The summed E-state index contributed by atoms with van der Waals surface area (Å²) in [5, 5.41) is 6.03. The predicted molar refractivity (Wildman–Crippen MR) is 93.6 cm³/mol. The van der Waals surface area contributed by atoms with Crippen LogP contribution >= 0.6 is 0 Å². The molecule has 0 saturated heterocycles. The first kappa shape index (κ1) is 21.5. The van der Waals surface area contributed by atoms with Gasteiger partial charge in [0.05, 0.1) is 26.7 Å². The topological polar surface area (TPSA) is 81.2 Å². The summed E-state index contributed by atoms with van der Waals surface area (Å²) in [5.41, 5.74) is 0.447. The van der Waals surface area contributed by atoms with E-state index >= 15 is 0 Å². The standard InChI is InChI=1S/C17H25F2N3O4/c1-5-20-17(21-9-11(2)15(23)25-4)22-10-12-8-13(24-3)6-7-14(12)26-16(18)19/h6-8,11,16H,5,9-10H2,1-4H3,(H2,20,21,22). The average Bonchev–Trinajstić information content (AvgIpc) is 2.63. The lowest BCUT2D eigenvalue weighted by atomic mass is 10.2. The van der Waals surface area contributed by atoms with Crippen LogP contribution in [0, 0.1) is 5.92 Å². The van der Waals surface area contributed by atoms with Crippen molar-refractivity contribution in [1.82, 2.24) is 10.6 Å². The maximum absolute atomic E-state index is 12.6. The second-order valence-electron chi connectivity index (χ2n) is 5.35. The van der Waals surface area contributed by atoms with Crippen molar-refractivity contribution in [2.75, 3.05) is 27.3 Å². The smallest absolute Gasteiger partial charge is 0.387 e. The number of methoxy groups -OCH3 is 2. The summed E-state index contributed by atoms with van der Waals surface area (Å²) in [5.74, 6) is 0.277. The monoisotopic (exact) mass is 373 g/mol. The Morgan fingerprint density at radius 1 is 1.27 bits per heavy atom. The van der Waals surface area contributed by atoms with Gasteiger partial charge in [0.1, 0.15) is 11.5 Å². The molecule has 2 N–H and O–H groups in total. The van der Waals surface area contributed by atoms with Crippen molar-refractivity contribution in [2.45, 2.75) is 27.0 Å². The van der Waals surface area contributed by atoms with Crippen molar-refractivity contribution in [3.63, 3.8) is 0 Å². The van der Waals surface area contributed by atoms with Crippen molar-refractivity contribution in [1.29, 1.82) is 0 Å². The molecule has 0 aliphatic carbocycles. The average molecular weight is 373 g/mol. The second-order valence-corrected chi connectivity index (χ2v) is 5.35. The molecule has 0 aliphatic rings. The van der Waals surface area contributed by atoms with Gasteiger partial charge in [-0.05, 0) is 25.1 Å². The van der Waals surface area contributed by atoms with Gasteiger partial charge in [-0.2, -0.15) is 8.78 Å². The van der Waals surface area contributed by atoms with E-state index in [1.807, 2.05) is 6.92 Å². The van der Waals surface area contributed by atoms with E-state index in [0.717, 1.165) is 0 Å². The third kappa shape index (κ3) is 7.12. The Bertz CT molecular complexity index is 612. The minimum Gasteiger partial charge on any atom is -0.497 e. The zero-order valence-corrected chi connectivity index (χ0v) is 15.3. The number of guanidine groups is 1. The number of benzene rings is 1. The fourth-order valence-electron chi connectivity index (χ4n) is 2.06. The van der Waals surface area contributed by atoms with Crippen LogP contribution in [0.2, 0.25) is 0 Å². The lowest BCUT2D eigenvalue weighted by molar-refractivity contribution is -0.144. The zero-order valence-electron chi connectivity index (χ0n) is 15.3. The number of hydrogen-bond donors (Lipinski definition) is 2. The van der Waals surface area contributed by atoms with Crippen LogP contribution in [0.4, 0.5) is 8.78 Å². The number of rotatable bonds is 9. The number of ether oxygens (including phenoxy) is 3. The van der Waals surface area contributed by atoms with Crippen LogP contribution < -0.4 is 20.1 Å². The molecule has 1 aromatic rings. The highest BCUT2D eigenvalue weighted by Gasteiger charge is 2.14. The molecule has 0 fully saturated rings. The van der Waals surface area contributed by atoms with Gasteiger partial charge >= 0.3 is 12.6 Å². The Morgan fingerprint density at radius 2 is 2.00 bits per heavy atom. The molecule has 1 unspecified atom stereocenters. The molecule has 0 spiro atoms. The molecular formula is C17H25F2N3O4. The molecule has 0 bridgehead atoms. The van der Waals surface area contributed by atoms with Crippen LogP contribution in [-0.2, 0) is 16.1 Å². The van der Waals surface area contributed by atoms with Crippen LogP contribution in [0.3, 0.4) is 0 Å². The fraction of sp³-hybridized carbons (Fsp3) is 0.529. The summed E-state index contributed by atoms with van der Waals surface area (Å²) in [4.78, 5) is 15.8. The number of carbonyl (C=O) groups is 1. The lowest BCUT2D eigenvalue weighted by Gasteiger charge is -2.15. The van der Waals surface area contributed by atoms with E-state index < -0.39 is 6.61 Å². The number of carbonyl (C=O) groups excluding carboxylic acids is 1. The van der Waals surface area contributed by atoms with E-state index in [0.29, 0.717) is 30.4 Å². The van der Waals surface area contributed by atoms with Gasteiger partial charge in [-0.15, -0.1) is 0 Å². The van der Waals surface area contributed by atoms with Crippen LogP contribution in [0.1, 0.15) is 19.4 Å². The first-order chi connectivity index (χ1) is 12.4. The summed E-state index contributed by atoms with van der Waals surface area (Å²) < 4.78 is 39.4. The summed E-state index contributed by atoms with van der Waals surface area (Å²) in [6, 6.07) is 4.53. The number of nitrogens with zero attached hydrogens (tertiary/aromatic N) is 1. The van der Waals surface area contributed by atoms with Crippen molar-refractivity contribution < 1.29 is 27.8 Å². The Hall–Kier alpha value is -2.58. The maximum atomic E-state index is 12.6. The third-order valence-electron chi connectivity index (χ3n) is 3.41. The number of alkyl halides is 2. The van der Waals surface area contributed by atoms with E-state index in [4.69, 9.17) is 4.74 Å². The number of halogens is 2. The van der Waals surface area contributed by atoms with E-state index in [1.54, 1.807) is 13.0 Å². The van der Waals surface area contributed by atoms with E-state index in [9.17, 15) is 13.6 Å². The molecule has 0 amide bonds. The van der Waals surface area contributed by atoms with E-state index in [2.05, 4.69) is 25.1 Å². The van der Waals surface area contributed by atoms with E-state index in [-0.39, 0.29) is 24.2 Å². The lowest BCUT2D eigenvalue weighted by Crippen LogP contribution is -2.40. The molecule has 7 nitrogen and oxygen atoms in total.